The minimum atomic E-state index is -3.52. The van der Waals surface area contributed by atoms with E-state index in [9.17, 15) is 8.42 Å². The fourth-order valence-electron chi connectivity index (χ4n) is 1.34. The Morgan fingerprint density at radius 3 is 2.75 bits per heavy atom. The van der Waals surface area contributed by atoms with Crippen LogP contribution in [0, 0.1) is 0 Å². The summed E-state index contributed by atoms with van der Waals surface area (Å²) in [6.45, 7) is 3.56. The molecule has 1 aromatic heterocycles. The van der Waals surface area contributed by atoms with Gasteiger partial charge in [-0.1, -0.05) is 6.08 Å². The Morgan fingerprint density at radius 2 is 2.31 bits per heavy atom. The molecule has 1 aromatic rings. The number of hydrogen-bond donors (Lipinski definition) is 1. The monoisotopic (exact) mass is 244 g/mol. The lowest BCUT2D eigenvalue weighted by molar-refractivity contribution is 0.260. The Kier molecular flexibility index (Phi) is 4.28. The molecule has 0 aliphatic carbocycles. The third-order valence-corrected chi connectivity index (χ3v) is 3.97. The zero-order chi connectivity index (χ0) is 12.2. The van der Waals surface area contributed by atoms with E-state index in [0.29, 0.717) is 0 Å². The van der Waals surface area contributed by atoms with Gasteiger partial charge in [0, 0.05) is 32.5 Å². The van der Waals surface area contributed by atoms with Crippen LogP contribution in [0.15, 0.2) is 36.0 Å². The Hall–Kier alpha value is -1.11. The average molecular weight is 244 g/mol. The maximum atomic E-state index is 12.1. The lowest BCUT2D eigenvalue weighted by Crippen LogP contribution is -2.33. The maximum Gasteiger partial charge on any atom is 0.244 e. The van der Waals surface area contributed by atoms with Crippen molar-refractivity contribution in [3.05, 3.63) is 31.1 Å². The van der Waals surface area contributed by atoms with Gasteiger partial charge in [0.25, 0.3) is 0 Å². The van der Waals surface area contributed by atoms with Crippen molar-refractivity contribution in [3.63, 3.8) is 0 Å². The first-order chi connectivity index (χ1) is 7.52. The Morgan fingerprint density at radius 1 is 1.62 bits per heavy atom. The van der Waals surface area contributed by atoms with Gasteiger partial charge in [0.05, 0.1) is 11.5 Å². The molecular weight excluding hydrogens is 228 g/mol. The SMILES string of the molecule is C=CCN(CCO)S(=O)(=O)c1ccn(C)c1. The van der Waals surface area contributed by atoms with Gasteiger partial charge >= 0.3 is 0 Å². The summed E-state index contributed by atoms with van der Waals surface area (Å²) >= 11 is 0. The van der Waals surface area contributed by atoms with Crippen molar-refractivity contribution in [2.45, 2.75) is 4.90 Å². The van der Waals surface area contributed by atoms with Crippen molar-refractivity contribution in [2.75, 3.05) is 19.7 Å². The van der Waals surface area contributed by atoms with Crippen LogP contribution in [-0.2, 0) is 17.1 Å². The molecule has 16 heavy (non-hydrogen) atoms. The van der Waals surface area contributed by atoms with E-state index < -0.39 is 10.0 Å². The van der Waals surface area contributed by atoms with Crippen LogP contribution in [0.25, 0.3) is 0 Å². The summed E-state index contributed by atoms with van der Waals surface area (Å²) < 4.78 is 27.0. The predicted molar refractivity (Wildman–Crippen MR) is 61.5 cm³/mol. The fraction of sp³-hybridized carbons (Fsp3) is 0.400. The second-order valence-corrected chi connectivity index (χ2v) is 5.33. The number of aliphatic hydroxyl groups is 1. The van der Waals surface area contributed by atoms with Crippen LogP contribution in [0.4, 0.5) is 0 Å². The first-order valence-electron chi connectivity index (χ1n) is 4.86. The highest BCUT2D eigenvalue weighted by Gasteiger charge is 2.23. The highest BCUT2D eigenvalue weighted by molar-refractivity contribution is 7.89. The normalized spacial score (nSPS) is 11.9. The summed E-state index contributed by atoms with van der Waals surface area (Å²) in [5.74, 6) is 0. The molecule has 0 radical (unpaired) electrons. The van der Waals surface area contributed by atoms with Gasteiger partial charge in [0.1, 0.15) is 0 Å². The van der Waals surface area contributed by atoms with Gasteiger partial charge in [0.15, 0.2) is 0 Å². The standard InChI is InChI=1S/C10H16N2O3S/c1-3-5-12(7-8-13)16(14,15)10-4-6-11(2)9-10/h3-4,6,9,13H,1,5,7-8H2,2H3. The lowest BCUT2D eigenvalue weighted by atomic mass is 10.6. The maximum absolute atomic E-state index is 12.1. The summed E-state index contributed by atoms with van der Waals surface area (Å²) in [6.07, 6.45) is 4.69. The van der Waals surface area contributed by atoms with Crippen LogP contribution in [-0.4, -0.2) is 42.1 Å². The van der Waals surface area contributed by atoms with Crippen LogP contribution >= 0.6 is 0 Å². The molecule has 0 aliphatic heterocycles. The number of rotatable bonds is 6. The second-order valence-electron chi connectivity index (χ2n) is 3.39. The topological polar surface area (TPSA) is 62.5 Å². The molecule has 90 valence electrons. The quantitative estimate of drug-likeness (QED) is 0.727. The number of aliphatic hydroxyl groups excluding tert-OH is 1. The van der Waals surface area contributed by atoms with Crippen LogP contribution in [0.3, 0.4) is 0 Å². The van der Waals surface area contributed by atoms with Crippen LogP contribution in [0.2, 0.25) is 0 Å². The Balaban J connectivity index is 3.02. The van der Waals surface area contributed by atoms with Gasteiger partial charge < -0.3 is 9.67 Å². The number of aromatic nitrogens is 1. The van der Waals surface area contributed by atoms with E-state index in [0.717, 1.165) is 0 Å². The van der Waals surface area contributed by atoms with Crippen molar-refractivity contribution in [1.29, 1.82) is 0 Å². The van der Waals surface area contributed by atoms with Crippen LogP contribution in [0.5, 0.6) is 0 Å². The van der Waals surface area contributed by atoms with Gasteiger partial charge in [-0.25, -0.2) is 8.42 Å². The third kappa shape index (κ3) is 2.72. The summed E-state index contributed by atoms with van der Waals surface area (Å²) in [6, 6.07) is 1.53. The van der Waals surface area contributed by atoms with Crippen molar-refractivity contribution in [1.82, 2.24) is 8.87 Å². The second kappa shape index (κ2) is 5.29. The molecule has 0 amide bonds. The Labute approximate surface area is 95.7 Å². The smallest absolute Gasteiger partial charge is 0.244 e. The van der Waals surface area contributed by atoms with E-state index >= 15 is 0 Å². The van der Waals surface area contributed by atoms with Crippen LogP contribution in [0.1, 0.15) is 0 Å². The minimum Gasteiger partial charge on any atom is -0.395 e. The zero-order valence-electron chi connectivity index (χ0n) is 9.20. The molecule has 1 rings (SSSR count). The van der Waals surface area contributed by atoms with Crippen molar-refractivity contribution >= 4 is 10.0 Å². The highest BCUT2D eigenvalue weighted by Crippen LogP contribution is 2.15. The molecule has 0 aromatic carbocycles. The summed E-state index contributed by atoms with van der Waals surface area (Å²) in [4.78, 5) is 0.227. The third-order valence-electron chi connectivity index (χ3n) is 2.12. The van der Waals surface area contributed by atoms with Gasteiger partial charge in [-0.3, -0.25) is 0 Å². The van der Waals surface area contributed by atoms with Gasteiger partial charge in [0.2, 0.25) is 10.0 Å². The number of hydrogen-bond acceptors (Lipinski definition) is 3. The molecule has 0 bridgehead atoms. The molecule has 5 nitrogen and oxygen atoms in total. The molecule has 1 N–H and O–H groups in total. The van der Waals surface area contributed by atoms with Crippen molar-refractivity contribution in [3.8, 4) is 0 Å². The van der Waals surface area contributed by atoms with Gasteiger partial charge in [-0.2, -0.15) is 4.31 Å². The highest BCUT2D eigenvalue weighted by atomic mass is 32.2. The molecule has 0 atom stereocenters. The lowest BCUT2D eigenvalue weighted by Gasteiger charge is -2.18. The summed E-state index contributed by atoms with van der Waals surface area (Å²) in [5.41, 5.74) is 0. The predicted octanol–water partition coefficient (Wildman–Crippen LogP) is 0.194. The van der Waals surface area contributed by atoms with E-state index in [1.54, 1.807) is 17.8 Å². The van der Waals surface area contributed by atoms with E-state index in [2.05, 4.69) is 6.58 Å². The number of nitrogens with zero attached hydrogens (tertiary/aromatic N) is 2. The van der Waals surface area contributed by atoms with E-state index in [1.165, 1.54) is 22.6 Å². The fourth-order valence-corrected chi connectivity index (χ4v) is 2.80. The number of aryl methyl sites for hydroxylation is 1. The molecule has 0 unspecified atom stereocenters. The molecular formula is C10H16N2O3S. The molecule has 0 spiro atoms. The molecule has 0 saturated carbocycles. The largest absolute Gasteiger partial charge is 0.395 e. The van der Waals surface area contributed by atoms with E-state index in [4.69, 9.17) is 5.11 Å². The molecule has 0 saturated heterocycles. The van der Waals surface area contributed by atoms with Crippen LogP contribution < -0.4 is 0 Å². The van der Waals surface area contributed by atoms with E-state index in [-0.39, 0.29) is 24.6 Å². The van der Waals surface area contributed by atoms with Gasteiger partial charge in [-0.15, -0.1) is 6.58 Å². The zero-order valence-corrected chi connectivity index (χ0v) is 10.0. The number of sulfonamides is 1. The molecule has 1 heterocycles. The first kappa shape index (κ1) is 13.0. The minimum absolute atomic E-state index is 0.0727. The summed E-state index contributed by atoms with van der Waals surface area (Å²) in [5, 5.41) is 8.83. The first-order valence-corrected chi connectivity index (χ1v) is 6.30. The average Bonchev–Trinajstić information content (AvgIpc) is 2.65. The molecule has 0 fully saturated rings. The van der Waals surface area contributed by atoms with Crippen molar-refractivity contribution in [2.24, 2.45) is 7.05 Å². The van der Waals surface area contributed by atoms with E-state index in [1.807, 2.05) is 0 Å². The van der Waals surface area contributed by atoms with Crippen molar-refractivity contribution < 1.29 is 13.5 Å². The van der Waals surface area contributed by atoms with Gasteiger partial charge in [-0.05, 0) is 6.07 Å². The molecule has 6 heteroatoms. The summed E-state index contributed by atoms with van der Waals surface area (Å²) in [7, 11) is -1.77. The Bertz CT molecular complexity index is 450. The molecule has 0 aliphatic rings.